The third-order valence-corrected chi connectivity index (χ3v) is 5.18. The number of ether oxygens (including phenoxy) is 1. The van der Waals surface area contributed by atoms with Crippen molar-refractivity contribution in [2.45, 2.75) is 5.37 Å². The summed E-state index contributed by atoms with van der Waals surface area (Å²) in [5.74, 6) is 1.32. The Hall–Kier alpha value is -1.66. The predicted octanol–water partition coefficient (Wildman–Crippen LogP) is 4.06. The topological polar surface area (TPSA) is 41.6 Å². The van der Waals surface area contributed by atoms with Gasteiger partial charge < -0.3 is 4.74 Å². The molecule has 1 saturated heterocycles. The Morgan fingerprint density at radius 1 is 1.27 bits per heavy atom. The van der Waals surface area contributed by atoms with Crippen LogP contribution in [0, 0.1) is 0 Å². The molecule has 1 aliphatic rings. The quantitative estimate of drug-likeness (QED) is 0.870. The summed E-state index contributed by atoms with van der Waals surface area (Å²) in [5.41, 5.74) is 5.15. The molecule has 0 spiro atoms. The van der Waals surface area contributed by atoms with Gasteiger partial charge >= 0.3 is 0 Å². The van der Waals surface area contributed by atoms with Gasteiger partial charge in [-0.05, 0) is 45.8 Å². The first-order valence-electron chi connectivity index (χ1n) is 6.78. The van der Waals surface area contributed by atoms with Crippen molar-refractivity contribution in [1.29, 1.82) is 0 Å². The van der Waals surface area contributed by atoms with Crippen LogP contribution in [0.2, 0.25) is 0 Å². The highest BCUT2D eigenvalue weighted by atomic mass is 79.9. The number of rotatable bonds is 4. The Morgan fingerprint density at radius 2 is 2.05 bits per heavy atom. The van der Waals surface area contributed by atoms with Crippen LogP contribution >= 0.6 is 27.7 Å². The van der Waals surface area contributed by atoms with Crippen molar-refractivity contribution >= 4 is 39.3 Å². The summed E-state index contributed by atoms with van der Waals surface area (Å²) in [6.45, 7) is 0. The molecule has 1 fully saturated rings. The van der Waals surface area contributed by atoms with Gasteiger partial charge in [-0.15, -0.1) is 11.8 Å². The molecular weight excluding hydrogens is 364 g/mol. The average molecular weight is 379 g/mol. The van der Waals surface area contributed by atoms with Crippen LogP contribution in [0.3, 0.4) is 0 Å². The molecule has 0 bridgehead atoms. The molecule has 22 heavy (non-hydrogen) atoms. The van der Waals surface area contributed by atoms with E-state index in [4.69, 9.17) is 4.74 Å². The molecule has 2 aromatic carbocycles. The molecule has 2 aromatic rings. The van der Waals surface area contributed by atoms with E-state index in [1.165, 1.54) is 0 Å². The number of benzene rings is 2. The number of amides is 1. The Morgan fingerprint density at radius 3 is 2.73 bits per heavy atom. The molecule has 1 aliphatic heterocycles. The maximum Gasteiger partial charge on any atom is 0.252 e. The maximum atomic E-state index is 12.2. The smallest absolute Gasteiger partial charge is 0.252 e. The monoisotopic (exact) mass is 378 g/mol. The molecule has 1 amide bonds. The molecular formula is C16H15BrN2O2S. The van der Waals surface area contributed by atoms with Crippen LogP contribution in [0.1, 0.15) is 10.9 Å². The fourth-order valence-corrected chi connectivity index (χ4v) is 3.94. The van der Waals surface area contributed by atoms with E-state index in [-0.39, 0.29) is 11.3 Å². The van der Waals surface area contributed by atoms with E-state index in [0.29, 0.717) is 5.75 Å². The van der Waals surface area contributed by atoms with Crippen LogP contribution in [-0.2, 0) is 4.79 Å². The number of halogens is 1. The highest BCUT2D eigenvalue weighted by molar-refractivity contribution is 9.10. The minimum Gasteiger partial charge on any atom is -0.496 e. The van der Waals surface area contributed by atoms with E-state index in [2.05, 4.69) is 21.4 Å². The number of para-hydroxylation sites is 1. The Labute approximate surface area is 141 Å². The minimum atomic E-state index is -0.0603. The molecule has 1 heterocycles. The third-order valence-electron chi connectivity index (χ3n) is 3.35. The van der Waals surface area contributed by atoms with Crippen molar-refractivity contribution in [2.75, 3.05) is 18.3 Å². The molecule has 6 heteroatoms. The van der Waals surface area contributed by atoms with Gasteiger partial charge in [-0.3, -0.25) is 10.2 Å². The molecule has 1 atom stereocenters. The van der Waals surface area contributed by atoms with Crippen LogP contribution < -0.4 is 10.2 Å². The second-order valence-electron chi connectivity index (χ2n) is 4.80. The average Bonchev–Trinajstić information content (AvgIpc) is 2.89. The largest absolute Gasteiger partial charge is 0.496 e. The second-order valence-corrected chi connectivity index (χ2v) is 6.72. The molecule has 0 unspecified atom stereocenters. The number of nitrogens with zero attached hydrogens (tertiary/aromatic N) is 1. The van der Waals surface area contributed by atoms with Gasteiger partial charge in [0, 0.05) is 0 Å². The van der Waals surface area contributed by atoms with Gasteiger partial charge in [-0.2, -0.15) is 0 Å². The van der Waals surface area contributed by atoms with Gasteiger partial charge in [-0.1, -0.05) is 24.3 Å². The molecule has 0 radical (unpaired) electrons. The molecule has 1 N–H and O–H groups in total. The molecule has 3 rings (SSSR count). The summed E-state index contributed by atoms with van der Waals surface area (Å²) < 4.78 is 6.14. The van der Waals surface area contributed by atoms with E-state index >= 15 is 0 Å². The van der Waals surface area contributed by atoms with Crippen LogP contribution in [0.4, 0.5) is 5.69 Å². The number of carbonyl (C=O) groups excluding carboxylic acids is 1. The van der Waals surface area contributed by atoms with Gasteiger partial charge in [0.05, 0.1) is 23.0 Å². The Balaban J connectivity index is 1.85. The van der Waals surface area contributed by atoms with E-state index in [1.54, 1.807) is 23.9 Å². The predicted molar refractivity (Wildman–Crippen MR) is 92.8 cm³/mol. The fraction of sp³-hybridized carbons (Fsp3) is 0.188. The number of carbonyl (C=O) groups is 1. The summed E-state index contributed by atoms with van der Waals surface area (Å²) in [4.78, 5) is 12.2. The van der Waals surface area contributed by atoms with Crippen LogP contribution in [0.5, 0.6) is 5.75 Å². The van der Waals surface area contributed by atoms with Crippen molar-refractivity contribution in [3.8, 4) is 5.75 Å². The van der Waals surface area contributed by atoms with Gasteiger partial charge in [0.15, 0.2) is 0 Å². The minimum absolute atomic E-state index is 0.0603. The zero-order valence-electron chi connectivity index (χ0n) is 12.0. The zero-order valence-corrected chi connectivity index (χ0v) is 14.4. The third kappa shape index (κ3) is 3.08. The molecule has 114 valence electrons. The van der Waals surface area contributed by atoms with Gasteiger partial charge in [0.1, 0.15) is 11.1 Å². The van der Waals surface area contributed by atoms with E-state index < -0.39 is 0 Å². The lowest BCUT2D eigenvalue weighted by molar-refractivity contribution is -0.126. The van der Waals surface area contributed by atoms with Crippen molar-refractivity contribution < 1.29 is 9.53 Å². The van der Waals surface area contributed by atoms with E-state index in [9.17, 15) is 4.79 Å². The molecule has 0 aliphatic carbocycles. The number of hydrogen-bond acceptors (Lipinski definition) is 4. The summed E-state index contributed by atoms with van der Waals surface area (Å²) >= 11 is 5.10. The maximum absolute atomic E-state index is 12.2. The number of thioether (sulfide) groups is 1. The zero-order chi connectivity index (χ0) is 15.5. The number of hydrazine groups is 1. The summed E-state index contributed by atoms with van der Waals surface area (Å²) in [5, 5.41) is 1.63. The van der Waals surface area contributed by atoms with Crippen molar-refractivity contribution in [1.82, 2.24) is 5.01 Å². The first kappa shape index (κ1) is 15.2. The number of methoxy groups -OCH3 is 1. The first-order chi connectivity index (χ1) is 10.7. The van der Waals surface area contributed by atoms with Crippen LogP contribution in [0.15, 0.2) is 53.0 Å². The number of hydrogen-bond donors (Lipinski definition) is 1. The number of anilines is 1. The molecule has 0 aromatic heterocycles. The lowest BCUT2D eigenvalue weighted by Crippen LogP contribution is -2.33. The Kier molecular flexibility index (Phi) is 4.59. The summed E-state index contributed by atoms with van der Waals surface area (Å²) in [6.07, 6.45) is 0. The molecule has 4 nitrogen and oxygen atoms in total. The van der Waals surface area contributed by atoms with Crippen LogP contribution in [-0.4, -0.2) is 23.8 Å². The lowest BCUT2D eigenvalue weighted by Gasteiger charge is -2.26. The first-order valence-corrected chi connectivity index (χ1v) is 8.62. The van der Waals surface area contributed by atoms with E-state index in [1.807, 2.05) is 48.5 Å². The second kappa shape index (κ2) is 6.62. The highest BCUT2D eigenvalue weighted by Crippen LogP contribution is 2.40. The standard InChI is InChI=1S/C16H15BrN2O2S/c1-21-14-8-7-11(9-13(14)17)16-19(15(20)10-22-16)18-12-5-3-2-4-6-12/h2-9,16,18H,10H2,1H3/t16-/m0/s1. The fourth-order valence-electron chi connectivity index (χ4n) is 2.28. The Bertz CT molecular complexity index is 681. The highest BCUT2D eigenvalue weighted by Gasteiger charge is 2.33. The SMILES string of the molecule is COc1ccc([C@@H]2SCC(=O)N2Nc2ccccc2)cc1Br. The summed E-state index contributed by atoms with van der Waals surface area (Å²) in [6, 6.07) is 15.6. The van der Waals surface area contributed by atoms with Crippen LogP contribution in [0.25, 0.3) is 0 Å². The number of nitrogens with one attached hydrogen (secondary N) is 1. The lowest BCUT2D eigenvalue weighted by atomic mass is 10.2. The summed E-state index contributed by atoms with van der Waals surface area (Å²) in [7, 11) is 1.64. The van der Waals surface area contributed by atoms with Crippen molar-refractivity contribution in [2.24, 2.45) is 0 Å². The molecule has 0 saturated carbocycles. The normalized spacial score (nSPS) is 17.6. The van der Waals surface area contributed by atoms with Gasteiger partial charge in [0.2, 0.25) is 0 Å². The van der Waals surface area contributed by atoms with Gasteiger partial charge in [-0.25, -0.2) is 5.01 Å². The van der Waals surface area contributed by atoms with Crippen molar-refractivity contribution in [3.05, 3.63) is 58.6 Å². The van der Waals surface area contributed by atoms with Gasteiger partial charge in [0.25, 0.3) is 5.91 Å². The van der Waals surface area contributed by atoms with Crippen molar-refractivity contribution in [3.63, 3.8) is 0 Å². The van der Waals surface area contributed by atoms with E-state index in [0.717, 1.165) is 21.5 Å².